The van der Waals surface area contributed by atoms with Gasteiger partial charge in [0.15, 0.2) is 0 Å². The molecule has 25 heavy (non-hydrogen) atoms. The molecule has 1 N–H and O–H groups in total. The molecule has 0 saturated carbocycles. The average molecular weight is 365 g/mol. The number of aryl methyl sites for hydroxylation is 2. The summed E-state index contributed by atoms with van der Waals surface area (Å²) >= 11 is 0. The van der Waals surface area contributed by atoms with Crippen LogP contribution < -0.4 is 10.1 Å². The number of aromatic nitrogens is 2. The number of amides is 1. The van der Waals surface area contributed by atoms with Gasteiger partial charge >= 0.3 is 0 Å². The molecule has 1 aliphatic heterocycles. The summed E-state index contributed by atoms with van der Waals surface area (Å²) in [5.74, 6) is 1.95. The molecule has 7 heteroatoms. The largest absolute Gasteiger partial charge is 0.497 e. The minimum Gasteiger partial charge on any atom is -0.497 e. The van der Waals surface area contributed by atoms with E-state index in [1.165, 1.54) is 0 Å². The Balaban J connectivity index is 0.00000225. The van der Waals surface area contributed by atoms with Crippen molar-refractivity contribution in [1.82, 2.24) is 19.8 Å². The summed E-state index contributed by atoms with van der Waals surface area (Å²) in [4.78, 5) is 19.1. The molecule has 1 amide bonds. The Kier molecular flexibility index (Phi) is 6.84. The first kappa shape index (κ1) is 19.3. The molecule has 1 fully saturated rings. The van der Waals surface area contributed by atoms with Gasteiger partial charge in [-0.3, -0.25) is 4.79 Å². The first-order valence-corrected chi connectivity index (χ1v) is 8.29. The monoisotopic (exact) mass is 364 g/mol. The Morgan fingerprint density at radius 1 is 1.36 bits per heavy atom. The molecule has 1 unspecified atom stereocenters. The van der Waals surface area contributed by atoms with Crippen LogP contribution in [0.25, 0.3) is 0 Å². The number of nitrogens with one attached hydrogen (secondary N) is 1. The minimum atomic E-state index is 0. The van der Waals surface area contributed by atoms with Crippen LogP contribution in [0.2, 0.25) is 0 Å². The Morgan fingerprint density at radius 3 is 2.76 bits per heavy atom. The Hall–Kier alpha value is -2.05. The van der Waals surface area contributed by atoms with Crippen LogP contribution in [0, 0.1) is 0 Å². The van der Waals surface area contributed by atoms with Crippen LogP contribution in [0.3, 0.4) is 0 Å². The van der Waals surface area contributed by atoms with Crippen molar-refractivity contribution in [3.05, 3.63) is 48.0 Å². The number of ether oxygens (including phenoxy) is 1. The second kappa shape index (κ2) is 8.87. The van der Waals surface area contributed by atoms with Gasteiger partial charge in [-0.05, 0) is 24.1 Å². The van der Waals surface area contributed by atoms with Crippen molar-refractivity contribution in [2.24, 2.45) is 7.05 Å². The van der Waals surface area contributed by atoms with E-state index in [1.54, 1.807) is 13.3 Å². The lowest BCUT2D eigenvalue weighted by molar-refractivity contribution is -0.134. The van der Waals surface area contributed by atoms with Crippen LogP contribution in [-0.4, -0.2) is 47.1 Å². The standard InChI is InChI=1S/C18H24N4O2.ClH/c1-21-11-10-20-18(21)16-13-19-9-12-22(16)17(23)8-5-14-3-6-15(24-2)7-4-14;/h3-4,6-7,10-11,16,19H,5,8-9,12-13H2,1-2H3;1H. The fourth-order valence-corrected chi connectivity index (χ4v) is 3.12. The SMILES string of the molecule is COc1ccc(CCC(=O)N2CCNCC2c2nccn2C)cc1.Cl. The summed E-state index contributed by atoms with van der Waals surface area (Å²) in [7, 11) is 3.62. The van der Waals surface area contributed by atoms with Gasteiger partial charge in [0.1, 0.15) is 17.6 Å². The lowest BCUT2D eigenvalue weighted by Gasteiger charge is -2.35. The van der Waals surface area contributed by atoms with Gasteiger partial charge in [0.2, 0.25) is 5.91 Å². The number of carbonyl (C=O) groups excluding carboxylic acids is 1. The smallest absolute Gasteiger partial charge is 0.223 e. The lowest BCUT2D eigenvalue weighted by Crippen LogP contribution is -2.49. The van der Waals surface area contributed by atoms with E-state index < -0.39 is 0 Å². The fraction of sp³-hybridized carbons (Fsp3) is 0.444. The molecule has 3 rings (SSSR count). The van der Waals surface area contributed by atoms with Gasteiger partial charge in [0.05, 0.1) is 7.11 Å². The van der Waals surface area contributed by atoms with E-state index in [0.29, 0.717) is 6.42 Å². The maximum absolute atomic E-state index is 12.7. The van der Waals surface area contributed by atoms with Gasteiger partial charge in [-0.2, -0.15) is 0 Å². The number of methoxy groups -OCH3 is 1. The van der Waals surface area contributed by atoms with Crippen molar-refractivity contribution in [1.29, 1.82) is 0 Å². The van der Waals surface area contributed by atoms with Crippen molar-refractivity contribution in [2.45, 2.75) is 18.9 Å². The molecule has 0 aliphatic carbocycles. The number of carbonyl (C=O) groups is 1. The number of halogens is 1. The zero-order valence-corrected chi connectivity index (χ0v) is 15.5. The van der Waals surface area contributed by atoms with Crippen molar-refractivity contribution >= 4 is 18.3 Å². The third kappa shape index (κ3) is 4.52. The zero-order chi connectivity index (χ0) is 16.9. The molecule has 0 radical (unpaired) electrons. The van der Waals surface area contributed by atoms with Crippen LogP contribution >= 0.6 is 12.4 Å². The predicted molar refractivity (Wildman–Crippen MR) is 99.1 cm³/mol. The maximum atomic E-state index is 12.7. The predicted octanol–water partition coefficient (Wildman–Crippen LogP) is 1.96. The highest BCUT2D eigenvalue weighted by Crippen LogP contribution is 2.22. The third-order valence-electron chi connectivity index (χ3n) is 4.51. The Bertz CT molecular complexity index is 687. The molecular formula is C18H25ClN4O2. The third-order valence-corrected chi connectivity index (χ3v) is 4.51. The number of hydrogen-bond acceptors (Lipinski definition) is 4. The molecule has 1 aromatic heterocycles. The normalized spacial score (nSPS) is 17.0. The Morgan fingerprint density at radius 2 is 2.12 bits per heavy atom. The van der Waals surface area contributed by atoms with Gasteiger partial charge in [0.25, 0.3) is 0 Å². The number of hydrogen-bond donors (Lipinski definition) is 1. The van der Waals surface area contributed by atoms with E-state index in [9.17, 15) is 4.79 Å². The van der Waals surface area contributed by atoms with Crippen LogP contribution in [0.15, 0.2) is 36.7 Å². The van der Waals surface area contributed by atoms with E-state index in [1.807, 2.05) is 47.0 Å². The zero-order valence-electron chi connectivity index (χ0n) is 14.6. The van der Waals surface area contributed by atoms with E-state index in [-0.39, 0.29) is 24.4 Å². The summed E-state index contributed by atoms with van der Waals surface area (Å²) in [5, 5.41) is 3.36. The van der Waals surface area contributed by atoms with Crippen molar-refractivity contribution in [3.63, 3.8) is 0 Å². The van der Waals surface area contributed by atoms with Gasteiger partial charge in [-0.25, -0.2) is 4.98 Å². The number of nitrogens with zero attached hydrogens (tertiary/aromatic N) is 3. The molecule has 136 valence electrons. The van der Waals surface area contributed by atoms with Gasteiger partial charge in [-0.15, -0.1) is 12.4 Å². The highest BCUT2D eigenvalue weighted by atomic mass is 35.5. The topological polar surface area (TPSA) is 59.4 Å². The van der Waals surface area contributed by atoms with Gasteiger partial charge in [0, 0.05) is 45.5 Å². The van der Waals surface area contributed by atoms with Gasteiger partial charge < -0.3 is 19.5 Å². The molecule has 6 nitrogen and oxygen atoms in total. The molecule has 1 atom stereocenters. The molecule has 0 bridgehead atoms. The van der Waals surface area contributed by atoms with E-state index in [0.717, 1.165) is 43.2 Å². The highest BCUT2D eigenvalue weighted by molar-refractivity contribution is 5.85. The second-order valence-corrected chi connectivity index (χ2v) is 6.05. The summed E-state index contributed by atoms with van der Waals surface area (Å²) in [6, 6.07) is 7.89. The van der Waals surface area contributed by atoms with E-state index in [4.69, 9.17) is 4.74 Å². The summed E-state index contributed by atoms with van der Waals surface area (Å²) in [5.41, 5.74) is 1.15. The van der Waals surface area contributed by atoms with Crippen molar-refractivity contribution in [2.75, 3.05) is 26.7 Å². The molecule has 1 aromatic carbocycles. The molecule has 2 heterocycles. The Labute approximate surface area is 154 Å². The first-order chi connectivity index (χ1) is 11.7. The first-order valence-electron chi connectivity index (χ1n) is 8.29. The van der Waals surface area contributed by atoms with Crippen molar-refractivity contribution < 1.29 is 9.53 Å². The molecule has 2 aromatic rings. The maximum Gasteiger partial charge on any atom is 0.223 e. The van der Waals surface area contributed by atoms with Crippen LogP contribution in [0.5, 0.6) is 5.75 Å². The number of piperazine rings is 1. The van der Waals surface area contributed by atoms with Crippen LogP contribution in [-0.2, 0) is 18.3 Å². The number of benzene rings is 1. The van der Waals surface area contributed by atoms with E-state index >= 15 is 0 Å². The average Bonchev–Trinajstić information content (AvgIpc) is 3.06. The van der Waals surface area contributed by atoms with E-state index in [2.05, 4.69) is 10.3 Å². The van der Waals surface area contributed by atoms with Crippen molar-refractivity contribution in [3.8, 4) is 5.75 Å². The quantitative estimate of drug-likeness (QED) is 0.881. The summed E-state index contributed by atoms with van der Waals surface area (Å²) < 4.78 is 7.15. The lowest BCUT2D eigenvalue weighted by atomic mass is 10.1. The van der Waals surface area contributed by atoms with Gasteiger partial charge in [-0.1, -0.05) is 12.1 Å². The molecular weight excluding hydrogens is 340 g/mol. The fourth-order valence-electron chi connectivity index (χ4n) is 3.12. The molecule has 1 saturated heterocycles. The number of imidazole rings is 1. The summed E-state index contributed by atoms with van der Waals surface area (Å²) in [6.07, 6.45) is 4.95. The summed E-state index contributed by atoms with van der Waals surface area (Å²) in [6.45, 7) is 2.30. The second-order valence-electron chi connectivity index (χ2n) is 6.05. The highest BCUT2D eigenvalue weighted by Gasteiger charge is 2.29. The molecule has 1 aliphatic rings. The van der Waals surface area contributed by atoms with Crippen LogP contribution in [0.4, 0.5) is 0 Å². The minimum absolute atomic E-state index is 0. The van der Waals surface area contributed by atoms with Crippen LogP contribution in [0.1, 0.15) is 23.9 Å². The molecule has 0 spiro atoms. The number of rotatable bonds is 5.